The second kappa shape index (κ2) is 7.16. The van der Waals surface area contributed by atoms with Gasteiger partial charge in [0.1, 0.15) is 11.5 Å². The molecule has 28 heavy (non-hydrogen) atoms. The van der Waals surface area contributed by atoms with Crippen molar-refractivity contribution in [1.29, 1.82) is 0 Å². The highest BCUT2D eigenvalue weighted by Gasteiger charge is 2.25. The predicted molar refractivity (Wildman–Crippen MR) is 122 cm³/mol. The Morgan fingerprint density at radius 1 is 0.643 bits per heavy atom. The van der Waals surface area contributed by atoms with E-state index in [0.29, 0.717) is 11.5 Å². The first-order chi connectivity index (χ1) is 12.6. The van der Waals surface area contributed by atoms with Gasteiger partial charge in [-0.2, -0.15) is 0 Å². The highest BCUT2D eigenvalue weighted by molar-refractivity contribution is 5.81. The third-order valence-electron chi connectivity index (χ3n) is 5.09. The molecule has 2 nitrogen and oxygen atoms in total. The number of hydrogen-bond acceptors (Lipinski definition) is 2. The van der Waals surface area contributed by atoms with Crippen molar-refractivity contribution in [3.05, 3.63) is 59.7 Å². The molecular formula is C26H34O2. The van der Waals surface area contributed by atoms with Crippen LogP contribution < -0.4 is 0 Å². The number of benzene rings is 2. The number of phenolic OH excluding ortho intramolecular Hbond substituents is 2. The molecule has 2 aromatic rings. The smallest absolute Gasteiger partial charge is 0.126 e. The average Bonchev–Trinajstić information content (AvgIpc) is 2.52. The van der Waals surface area contributed by atoms with E-state index in [9.17, 15) is 10.2 Å². The van der Waals surface area contributed by atoms with E-state index in [4.69, 9.17) is 0 Å². The second-order valence-corrected chi connectivity index (χ2v) is 9.90. The molecule has 0 fully saturated rings. The third kappa shape index (κ3) is 4.16. The minimum Gasteiger partial charge on any atom is -0.507 e. The van der Waals surface area contributed by atoms with Gasteiger partial charge in [-0.1, -0.05) is 54.7 Å². The summed E-state index contributed by atoms with van der Waals surface area (Å²) < 4.78 is 0. The summed E-state index contributed by atoms with van der Waals surface area (Å²) in [5.41, 5.74) is 6.46. The Kier molecular flexibility index (Phi) is 5.58. The molecule has 0 saturated carbocycles. The lowest BCUT2D eigenvalue weighted by atomic mass is 9.80. The summed E-state index contributed by atoms with van der Waals surface area (Å²) in [7, 11) is 0. The molecule has 0 spiro atoms. The summed E-state index contributed by atoms with van der Waals surface area (Å²) in [6.45, 7) is 24.4. The van der Waals surface area contributed by atoms with Crippen molar-refractivity contribution >= 4 is 11.1 Å². The van der Waals surface area contributed by atoms with Gasteiger partial charge in [0.25, 0.3) is 0 Å². The number of hydrogen-bond donors (Lipinski definition) is 2. The number of phenols is 2. The van der Waals surface area contributed by atoms with Crippen LogP contribution in [0.25, 0.3) is 22.3 Å². The first-order valence-corrected chi connectivity index (χ1v) is 9.71. The zero-order valence-corrected chi connectivity index (χ0v) is 18.6. The van der Waals surface area contributed by atoms with E-state index < -0.39 is 0 Å². The Labute approximate surface area is 170 Å². The normalized spacial score (nSPS) is 12.1. The van der Waals surface area contributed by atoms with Gasteiger partial charge in [-0.05, 0) is 71.2 Å². The Balaban J connectivity index is 2.91. The van der Waals surface area contributed by atoms with E-state index in [1.807, 2.05) is 38.1 Å². The quantitative estimate of drug-likeness (QED) is 0.583. The van der Waals surface area contributed by atoms with E-state index in [1.165, 1.54) is 0 Å². The predicted octanol–water partition coefficient (Wildman–Crippen LogP) is 7.43. The van der Waals surface area contributed by atoms with E-state index in [2.05, 4.69) is 54.7 Å². The fourth-order valence-corrected chi connectivity index (χ4v) is 3.40. The molecule has 0 aliphatic heterocycles. The van der Waals surface area contributed by atoms with Gasteiger partial charge in [0.2, 0.25) is 0 Å². The van der Waals surface area contributed by atoms with Crippen molar-refractivity contribution in [3.63, 3.8) is 0 Å². The Bertz CT molecular complexity index is 868. The molecule has 0 amide bonds. The monoisotopic (exact) mass is 378 g/mol. The SMILES string of the molecule is C=C(C)c1cc(-c2cc(C(=C)C)c(O)c(C(C)(C)C)c2)cc(C(C)(C)C)c1O. The fraction of sp³-hybridized carbons (Fsp3) is 0.385. The molecular weight excluding hydrogens is 344 g/mol. The molecule has 2 heteroatoms. The van der Waals surface area contributed by atoms with Gasteiger partial charge in [-0.25, -0.2) is 0 Å². The van der Waals surface area contributed by atoms with Crippen LogP contribution in [-0.4, -0.2) is 10.2 Å². The first-order valence-electron chi connectivity index (χ1n) is 9.71. The van der Waals surface area contributed by atoms with Crippen LogP contribution in [0.4, 0.5) is 0 Å². The van der Waals surface area contributed by atoms with Crippen LogP contribution in [0.2, 0.25) is 0 Å². The van der Waals surface area contributed by atoms with Gasteiger partial charge < -0.3 is 10.2 Å². The minimum atomic E-state index is -0.217. The zero-order chi connectivity index (χ0) is 21.6. The van der Waals surface area contributed by atoms with Crippen LogP contribution in [0.15, 0.2) is 37.4 Å². The van der Waals surface area contributed by atoms with E-state index in [1.54, 1.807) is 0 Å². The molecule has 0 atom stereocenters. The van der Waals surface area contributed by atoms with Gasteiger partial charge in [-0.15, -0.1) is 0 Å². The lowest BCUT2D eigenvalue weighted by Gasteiger charge is -2.26. The fourth-order valence-electron chi connectivity index (χ4n) is 3.40. The topological polar surface area (TPSA) is 40.5 Å². The van der Waals surface area contributed by atoms with Gasteiger partial charge >= 0.3 is 0 Å². The van der Waals surface area contributed by atoms with Crippen LogP contribution in [0.3, 0.4) is 0 Å². The van der Waals surface area contributed by atoms with Crippen LogP contribution in [0.5, 0.6) is 11.5 Å². The van der Waals surface area contributed by atoms with E-state index in [0.717, 1.165) is 44.5 Å². The lowest BCUT2D eigenvalue weighted by molar-refractivity contribution is 0.444. The van der Waals surface area contributed by atoms with Crippen molar-refractivity contribution in [1.82, 2.24) is 0 Å². The Hall–Kier alpha value is -2.48. The molecule has 0 aromatic heterocycles. The molecule has 0 saturated heterocycles. The third-order valence-corrected chi connectivity index (χ3v) is 5.09. The summed E-state index contributed by atoms with van der Waals surface area (Å²) in [5, 5.41) is 21.6. The summed E-state index contributed by atoms with van der Waals surface area (Å²) in [6, 6.07) is 8.05. The molecule has 150 valence electrons. The van der Waals surface area contributed by atoms with E-state index in [-0.39, 0.29) is 10.8 Å². The maximum absolute atomic E-state index is 10.8. The molecule has 0 bridgehead atoms. The number of aromatic hydroxyl groups is 2. The van der Waals surface area contributed by atoms with E-state index >= 15 is 0 Å². The van der Waals surface area contributed by atoms with Crippen LogP contribution in [0.1, 0.15) is 77.6 Å². The highest BCUT2D eigenvalue weighted by Crippen LogP contribution is 2.43. The Morgan fingerprint density at radius 2 is 0.929 bits per heavy atom. The van der Waals surface area contributed by atoms with Crippen molar-refractivity contribution in [3.8, 4) is 22.6 Å². The molecule has 2 N–H and O–H groups in total. The van der Waals surface area contributed by atoms with Crippen LogP contribution in [0, 0.1) is 0 Å². The largest absolute Gasteiger partial charge is 0.507 e. The average molecular weight is 379 g/mol. The Morgan fingerprint density at radius 3 is 1.14 bits per heavy atom. The summed E-state index contributed by atoms with van der Waals surface area (Å²) in [4.78, 5) is 0. The summed E-state index contributed by atoms with van der Waals surface area (Å²) in [5.74, 6) is 0.581. The van der Waals surface area contributed by atoms with Crippen molar-refractivity contribution in [2.45, 2.75) is 66.2 Å². The molecule has 0 unspecified atom stereocenters. The molecule has 0 heterocycles. The van der Waals surface area contributed by atoms with Gasteiger partial charge in [-0.3, -0.25) is 0 Å². The van der Waals surface area contributed by atoms with Crippen LogP contribution >= 0.6 is 0 Å². The number of rotatable bonds is 3. The highest BCUT2D eigenvalue weighted by atomic mass is 16.3. The molecule has 2 rings (SSSR count). The van der Waals surface area contributed by atoms with Gasteiger partial charge in [0.05, 0.1) is 0 Å². The van der Waals surface area contributed by atoms with Gasteiger partial charge in [0, 0.05) is 22.3 Å². The summed E-state index contributed by atoms with van der Waals surface area (Å²) in [6.07, 6.45) is 0. The zero-order valence-electron chi connectivity index (χ0n) is 18.6. The van der Waals surface area contributed by atoms with Gasteiger partial charge in [0.15, 0.2) is 0 Å². The lowest BCUT2D eigenvalue weighted by Crippen LogP contribution is -2.13. The number of allylic oxidation sites excluding steroid dienone is 2. The molecule has 0 radical (unpaired) electrons. The minimum absolute atomic E-state index is 0.217. The molecule has 0 aliphatic rings. The second-order valence-electron chi connectivity index (χ2n) is 9.90. The molecule has 0 aliphatic carbocycles. The standard InChI is InChI=1S/C26H34O2/c1-15(2)19-11-17(13-21(23(19)27)25(5,6)7)18-12-20(16(3)4)24(28)22(14-18)26(8,9)10/h11-14,27-28H,1,3H2,2,4-10H3. The molecule has 2 aromatic carbocycles. The van der Waals surface area contributed by atoms with Crippen molar-refractivity contribution < 1.29 is 10.2 Å². The summed E-state index contributed by atoms with van der Waals surface area (Å²) >= 11 is 0. The first kappa shape index (κ1) is 21.8. The van der Waals surface area contributed by atoms with Crippen molar-refractivity contribution in [2.75, 3.05) is 0 Å². The van der Waals surface area contributed by atoms with Crippen molar-refractivity contribution in [2.24, 2.45) is 0 Å². The maximum Gasteiger partial charge on any atom is 0.126 e. The maximum atomic E-state index is 10.8. The van der Waals surface area contributed by atoms with Crippen LogP contribution in [-0.2, 0) is 10.8 Å².